The lowest BCUT2D eigenvalue weighted by Gasteiger charge is -2.21. The number of hydrogen-bond donors (Lipinski definition) is 0. The smallest absolute Gasteiger partial charge is 0.225 e. The van der Waals surface area contributed by atoms with Crippen LogP contribution in [0, 0.1) is 3.95 Å². The number of thiophene rings is 1. The van der Waals surface area contributed by atoms with Crippen LogP contribution >= 0.6 is 34.9 Å². The van der Waals surface area contributed by atoms with Gasteiger partial charge in [-0.15, -0.1) is 16.4 Å². The van der Waals surface area contributed by atoms with E-state index in [0.29, 0.717) is 18.8 Å². The number of carbonyl (C=O) groups excluding carboxylic acids is 1. The van der Waals surface area contributed by atoms with Gasteiger partial charge in [0.2, 0.25) is 11.0 Å². The highest BCUT2D eigenvalue weighted by Crippen LogP contribution is 2.34. The van der Waals surface area contributed by atoms with Crippen LogP contribution < -0.4 is 4.90 Å². The summed E-state index contributed by atoms with van der Waals surface area (Å²) in [6, 6.07) is 5.22. The maximum absolute atomic E-state index is 11.9. The van der Waals surface area contributed by atoms with Crippen molar-refractivity contribution in [2.24, 2.45) is 0 Å². The molecule has 0 N–H and O–H groups in total. The Bertz CT molecular complexity index is 774. The molecule has 0 radical (unpaired) electrons. The van der Waals surface area contributed by atoms with Gasteiger partial charge in [-0.05, 0) is 49.3 Å². The summed E-state index contributed by atoms with van der Waals surface area (Å²) in [7, 11) is 0. The Hall–Kier alpha value is -1.09. The number of hydrogen-bond acceptors (Lipinski definition) is 6. The van der Waals surface area contributed by atoms with Gasteiger partial charge in [-0.25, -0.2) is 4.68 Å². The van der Waals surface area contributed by atoms with Crippen molar-refractivity contribution in [1.82, 2.24) is 14.7 Å². The van der Waals surface area contributed by atoms with E-state index < -0.39 is 0 Å². The van der Waals surface area contributed by atoms with E-state index >= 15 is 0 Å². The van der Waals surface area contributed by atoms with Gasteiger partial charge in [0.05, 0.1) is 6.67 Å². The third-order valence-electron chi connectivity index (χ3n) is 4.37. The summed E-state index contributed by atoms with van der Waals surface area (Å²) >= 11 is 8.75. The molecule has 4 rings (SSSR count). The van der Waals surface area contributed by atoms with Gasteiger partial charge in [0.15, 0.2) is 3.95 Å². The van der Waals surface area contributed by atoms with Crippen molar-refractivity contribution in [3.05, 3.63) is 26.3 Å². The fourth-order valence-corrected chi connectivity index (χ4v) is 4.80. The van der Waals surface area contributed by atoms with E-state index in [9.17, 15) is 4.79 Å². The van der Waals surface area contributed by atoms with E-state index in [4.69, 9.17) is 12.2 Å². The van der Waals surface area contributed by atoms with Crippen LogP contribution in [0.25, 0.3) is 0 Å². The Kier molecular flexibility index (Phi) is 4.55. The molecule has 0 saturated heterocycles. The van der Waals surface area contributed by atoms with Crippen LogP contribution in [0.3, 0.4) is 0 Å². The van der Waals surface area contributed by atoms with Gasteiger partial charge in [0, 0.05) is 30.4 Å². The summed E-state index contributed by atoms with van der Waals surface area (Å²) in [5.74, 6) is 0.0611. The molecule has 0 aliphatic heterocycles. The van der Waals surface area contributed by atoms with Crippen LogP contribution in [0.2, 0.25) is 0 Å². The molecular weight excluding hydrogens is 360 g/mol. The number of nitrogens with zero attached hydrogens (tertiary/aromatic N) is 4. The molecule has 0 unspecified atom stereocenters. The minimum absolute atomic E-state index is 0.0611. The zero-order valence-electron chi connectivity index (χ0n) is 13.6. The first-order valence-corrected chi connectivity index (χ1v) is 10.4. The summed E-state index contributed by atoms with van der Waals surface area (Å²) < 4.78 is 2.63. The number of carbonyl (C=O) groups is 1. The Morgan fingerprint density at radius 2 is 2.12 bits per heavy atom. The SMILES string of the molecule is CC(=O)N(c1nn(CN(Cc2cccs2)C2CC2)c(=S)s1)C1CC1. The highest BCUT2D eigenvalue weighted by atomic mass is 32.1. The lowest BCUT2D eigenvalue weighted by molar-refractivity contribution is -0.116. The van der Waals surface area contributed by atoms with Crippen LogP contribution in [-0.4, -0.2) is 32.7 Å². The lowest BCUT2D eigenvalue weighted by atomic mass is 10.4. The van der Waals surface area contributed by atoms with Crippen molar-refractivity contribution in [2.75, 3.05) is 4.90 Å². The second kappa shape index (κ2) is 6.67. The van der Waals surface area contributed by atoms with Crippen LogP contribution in [0.4, 0.5) is 5.13 Å². The van der Waals surface area contributed by atoms with E-state index in [1.54, 1.807) is 18.3 Å². The molecule has 8 heteroatoms. The highest BCUT2D eigenvalue weighted by molar-refractivity contribution is 7.73. The van der Waals surface area contributed by atoms with Crippen molar-refractivity contribution in [3.8, 4) is 0 Å². The summed E-state index contributed by atoms with van der Waals surface area (Å²) in [6.45, 7) is 3.25. The van der Waals surface area contributed by atoms with Crippen molar-refractivity contribution < 1.29 is 4.79 Å². The zero-order valence-corrected chi connectivity index (χ0v) is 16.0. The fourth-order valence-electron chi connectivity index (χ4n) is 2.87. The standard InChI is InChI=1S/C16H20N4OS3/c1-11(21)20(13-6-7-13)15-17-19(16(22)24-15)10-18(12-4-5-12)9-14-3-2-8-23-14/h2-3,8,12-13H,4-7,9-10H2,1H3. The molecule has 2 aliphatic carbocycles. The molecule has 2 fully saturated rings. The van der Waals surface area contributed by atoms with Gasteiger partial charge in [-0.2, -0.15) is 0 Å². The van der Waals surface area contributed by atoms with Gasteiger partial charge >= 0.3 is 0 Å². The molecule has 0 spiro atoms. The maximum Gasteiger partial charge on any atom is 0.225 e. The van der Waals surface area contributed by atoms with Crippen LogP contribution in [0.5, 0.6) is 0 Å². The number of anilines is 1. The predicted octanol–water partition coefficient (Wildman–Crippen LogP) is 3.87. The number of aromatic nitrogens is 2. The van der Waals surface area contributed by atoms with Crippen LogP contribution in [-0.2, 0) is 18.0 Å². The summed E-state index contributed by atoms with van der Waals surface area (Å²) in [6.07, 6.45) is 4.63. The molecule has 128 valence electrons. The average molecular weight is 381 g/mol. The van der Waals surface area contributed by atoms with Gasteiger partial charge in [-0.1, -0.05) is 17.4 Å². The maximum atomic E-state index is 11.9. The molecule has 2 heterocycles. The Morgan fingerprint density at radius 3 is 2.71 bits per heavy atom. The number of rotatable bonds is 7. The van der Waals surface area contributed by atoms with Crippen LogP contribution in [0.1, 0.15) is 37.5 Å². The van der Waals surface area contributed by atoms with E-state index in [1.165, 1.54) is 29.1 Å². The number of amides is 1. The van der Waals surface area contributed by atoms with Crippen molar-refractivity contribution >= 4 is 45.9 Å². The molecule has 0 atom stereocenters. The first-order chi connectivity index (χ1) is 11.6. The molecule has 24 heavy (non-hydrogen) atoms. The molecule has 1 amide bonds. The van der Waals surface area contributed by atoms with E-state index in [2.05, 4.69) is 27.5 Å². The second-order valence-electron chi connectivity index (χ2n) is 6.47. The molecule has 2 aromatic rings. The summed E-state index contributed by atoms with van der Waals surface area (Å²) in [4.78, 5) is 17.6. The molecule has 5 nitrogen and oxygen atoms in total. The molecular formula is C16H20N4OS3. The predicted molar refractivity (Wildman–Crippen MR) is 100 cm³/mol. The zero-order chi connectivity index (χ0) is 16.7. The Balaban J connectivity index is 1.53. The minimum Gasteiger partial charge on any atom is -0.284 e. The Labute approximate surface area is 154 Å². The molecule has 2 aliphatic rings. The monoisotopic (exact) mass is 380 g/mol. The first-order valence-electron chi connectivity index (χ1n) is 8.26. The molecule has 0 aromatic carbocycles. The van der Waals surface area contributed by atoms with Gasteiger partial charge in [0.1, 0.15) is 0 Å². The van der Waals surface area contributed by atoms with Crippen molar-refractivity contribution in [1.29, 1.82) is 0 Å². The normalized spacial score (nSPS) is 17.4. The lowest BCUT2D eigenvalue weighted by Crippen LogP contribution is -2.31. The highest BCUT2D eigenvalue weighted by Gasteiger charge is 2.35. The van der Waals surface area contributed by atoms with Crippen molar-refractivity contribution in [2.45, 2.75) is 57.9 Å². The summed E-state index contributed by atoms with van der Waals surface area (Å²) in [5.41, 5.74) is 0. The van der Waals surface area contributed by atoms with Crippen LogP contribution in [0.15, 0.2) is 17.5 Å². The third-order valence-corrected chi connectivity index (χ3v) is 6.54. The fraction of sp³-hybridized carbons (Fsp3) is 0.562. The van der Waals surface area contributed by atoms with Gasteiger partial charge < -0.3 is 0 Å². The van der Waals surface area contributed by atoms with E-state index in [1.807, 2.05) is 9.58 Å². The first kappa shape index (κ1) is 16.4. The van der Waals surface area contributed by atoms with Crippen molar-refractivity contribution in [3.63, 3.8) is 0 Å². The third kappa shape index (κ3) is 3.61. The average Bonchev–Trinajstić information content (AvgIpc) is 3.45. The van der Waals surface area contributed by atoms with E-state index in [-0.39, 0.29) is 5.91 Å². The summed E-state index contributed by atoms with van der Waals surface area (Å²) in [5, 5.41) is 7.54. The molecule has 2 saturated carbocycles. The molecule has 0 bridgehead atoms. The van der Waals surface area contributed by atoms with Gasteiger partial charge in [-0.3, -0.25) is 14.6 Å². The minimum atomic E-state index is 0.0611. The van der Waals surface area contributed by atoms with E-state index in [0.717, 1.165) is 28.5 Å². The second-order valence-corrected chi connectivity index (χ2v) is 9.10. The topological polar surface area (TPSA) is 41.4 Å². The Morgan fingerprint density at radius 1 is 1.38 bits per heavy atom. The largest absolute Gasteiger partial charge is 0.284 e. The van der Waals surface area contributed by atoms with Gasteiger partial charge in [0.25, 0.3) is 0 Å². The molecule has 2 aromatic heterocycles. The quantitative estimate of drug-likeness (QED) is 0.684.